The van der Waals surface area contributed by atoms with Crippen LogP contribution in [-0.4, -0.2) is 16.9 Å². The molecular formula is C7H11As. The summed E-state index contributed by atoms with van der Waals surface area (Å²) in [6.07, 6.45) is 7.56. The van der Waals surface area contributed by atoms with Gasteiger partial charge >= 0.3 is 59.1 Å². The summed E-state index contributed by atoms with van der Waals surface area (Å²) < 4.78 is 0.748. The van der Waals surface area contributed by atoms with Crippen LogP contribution in [0.25, 0.3) is 0 Å². The zero-order chi connectivity index (χ0) is 5.61. The first-order valence-electron chi connectivity index (χ1n) is 3.51. The third-order valence-electron chi connectivity index (χ3n) is 2.70. The number of hydrogen-bond donors (Lipinski definition) is 0. The Morgan fingerprint density at radius 1 is 1.25 bits per heavy atom. The Hall–Kier alpha value is 0.558. The SMILES string of the molecule is [As]C12CCC(CC1)C2. The summed E-state index contributed by atoms with van der Waals surface area (Å²) in [5, 5.41) is 0. The van der Waals surface area contributed by atoms with Gasteiger partial charge in [-0.25, -0.2) is 0 Å². The molecule has 2 radical (unpaired) electrons. The van der Waals surface area contributed by atoms with Crippen molar-refractivity contribution < 1.29 is 0 Å². The molecule has 2 saturated carbocycles. The van der Waals surface area contributed by atoms with Gasteiger partial charge in [-0.2, -0.15) is 0 Å². The predicted octanol–water partition coefficient (Wildman–Crippen LogP) is 1.91. The summed E-state index contributed by atoms with van der Waals surface area (Å²) >= 11 is 2.90. The molecule has 0 aromatic rings. The molecule has 0 N–H and O–H groups in total. The van der Waals surface area contributed by atoms with Gasteiger partial charge in [0.1, 0.15) is 0 Å². The fourth-order valence-electron chi connectivity index (χ4n) is 2.16. The van der Waals surface area contributed by atoms with E-state index in [0.29, 0.717) is 0 Å². The zero-order valence-corrected chi connectivity index (χ0v) is 6.94. The second-order valence-corrected chi connectivity index (χ2v) is 5.36. The average molecular weight is 170 g/mol. The standard InChI is InChI=1S/C7H11As/c8-7-3-1-6(5-7)2-4-7/h6H,1-5H2. The molecule has 0 amide bonds. The van der Waals surface area contributed by atoms with E-state index in [9.17, 15) is 0 Å². The second-order valence-electron chi connectivity index (χ2n) is 3.37. The van der Waals surface area contributed by atoms with E-state index in [2.05, 4.69) is 16.9 Å². The van der Waals surface area contributed by atoms with Gasteiger partial charge in [0.25, 0.3) is 0 Å². The van der Waals surface area contributed by atoms with Gasteiger partial charge in [-0.3, -0.25) is 0 Å². The summed E-state index contributed by atoms with van der Waals surface area (Å²) in [6, 6.07) is 0. The first kappa shape index (κ1) is 5.35. The molecule has 0 aromatic heterocycles. The van der Waals surface area contributed by atoms with Crippen molar-refractivity contribution in [2.75, 3.05) is 0 Å². The minimum absolute atomic E-state index is 0.748. The van der Waals surface area contributed by atoms with Crippen molar-refractivity contribution in [3.63, 3.8) is 0 Å². The molecule has 0 atom stereocenters. The van der Waals surface area contributed by atoms with Gasteiger partial charge in [0.05, 0.1) is 0 Å². The molecule has 2 bridgehead atoms. The van der Waals surface area contributed by atoms with E-state index < -0.39 is 0 Å². The van der Waals surface area contributed by atoms with Crippen LogP contribution in [0.5, 0.6) is 0 Å². The molecule has 44 valence electrons. The molecule has 2 aliphatic rings. The van der Waals surface area contributed by atoms with Gasteiger partial charge in [0.2, 0.25) is 0 Å². The van der Waals surface area contributed by atoms with Gasteiger partial charge in [-0.05, 0) is 0 Å². The van der Waals surface area contributed by atoms with Gasteiger partial charge in [-0.15, -0.1) is 0 Å². The van der Waals surface area contributed by atoms with Crippen LogP contribution in [-0.2, 0) is 0 Å². The van der Waals surface area contributed by atoms with E-state index in [4.69, 9.17) is 0 Å². The van der Waals surface area contributed by atoms with Crippen molar-refractivity contribution in [1.82, 2.24) is 0 Å². The molecule has 0 unspecified atom stereocenters. The molecule has 0 aliphatic heterocycles. The van der Waals surface area contributed by atoms with Gasteiger partial charge in [-0.1, -0.05) is 0 Å². The molecule has 2 rings (SSSR count). The predicted molar refractivity (Wildman–Crippen MR) is 35.0 cm³/mol. The van der Waals surface area contributed by atoms with Crippen LogP contribution in [0.2, 0.25) is 4.20 Å². The Morgan fingerprint density at radius 2 is 1.88 bits per heavy atom. The minimum atomic E-state index is 0.748. The van der Waals surface area contributed by atoms with E-state index in [-0.39, 0.29) is 0 Å². The van der Waals surface area contributed by atoms with E-state index >= 15 is 0 Å². The Balaban J connectivity index is 2.19. The average Bonchev–Trinajstić information content (AvgIpc) is 2.21. The summed E-state index contributed by atoms with van der Waals surface area (Å²) in [4.78, 5) is 0. The van der Waals surface area contributed by atoms with Gasteiger partial charge in [0.15, 0.2) is 0 Å². The molecule has 2 aliphatic carbocycles. The van der Waals surface area contributed by atoms with Crippen molar-refractivity contribution in [2.45, 2.75) is 36.3 Å². The Bertz CT molecular complexity index is 101. The van der Waals surface area contributed by atoms with Crippen LogP contribution in [0.3, 0.4) is 0 Å². The third kappa shape index (κ3) is 0.657. The quantitative estimate of drug-likeness (QED) is 0.487. The number of rotatable bonds is 0. The Morgan fingerprint density at radius 3 is 2.00 bits per heavy atom. The number of fused-ring (bicyclic) bond motifs is 2. The molecule has 0 spiro atoms. The summed E-state index contributed by atoms with van der Waals surface area (Å²) in [5.74, 6) is 1.12. The Kier molecular flexibility index (Phi) is 1.03. The first-order valence-corrected chi connectivity index (χ1v) is 4.45. The molecule has 0 heterocycles. The van der Waals surface area contributed by atoms with E-state index in [1.165, 1.54) is 32.1 Å². The number of hydrogen-bond acceptors (Lipinski definition) is 0. The van der Waals surface area contributed by atoms with Crippen molar-refractivity contribution >= 4 is 16.9 Å². The normalized spacial score (nSPS) is 52.9. The fourth-order valence-corrected chi connectivity index (χ4v) is 3.24. The topological polar surface area (TPSA) is 0 Å². The van der Waals surface area contributed by atoms with Crippen LogP contribution in [0.15, 0.2) is 0 Å². The molecule has 8 heavy (non-hydrogen) atoms. The van der Waals surface area contributed by atoms with Crippen molar-refractivity contribution in [1.29, 1.82) is 0 Å². The summed E-state index contributed by atoms with van der Waals surface area (Å²) in [6.45, 7) is 0. The third-order valence-corrected chi connectivity index (χ3v) is 4.03. The molecular weight excluding hydrogens is 159 g/mol. The second kappa shape index (κ2) is 1.53. The summed E-state index contributed by atoms with van der Waals surface area (Å²) in [7, 11) is 0. The van der Waals surface area contributed by atoms with E-state index in [0.717, 1.165) is 10.1 Å². The fraction of sp³-hybridized carbons (Fsp3) is 1.00. The van der Waals surface area contributed by atoms with E-state index in [1.54, 1.807) is 0 Å². The molecule has 0 nitrogen and oxygen atoms in total. The zero-order valence-electron chi connectivity index (χ0n) is 5.06. The van der Waals surface area contributed by atoms with Crippen LogP contribution < -0.4 is 0 Å². The van der Waals surface area contributed by atoms with Crippen LogP contribution in [0, 0.1) is 5.92 Å². The van der Waals surface area contributed by atoms with Crippen LogP contribution >= 0.6 is 0 Å². The van der Waals surface area contributed by atoms with Gasteiger partial charge < -0.3 is 0 Å². The van der Waals surface area contributed by atoms with Crippen LogP contribution in [0.4, 0.5) is 0 Å². The molecule has 2 fully saturated rings. The summed E-state index contributed by atoms with van der Waals surface area (Å²) in [5.41, 5.74) is 0. The van der Waals surface area contributed by atoms with Crippen molar-refractivity contribution in [2.24, 2.45) is 5.92 Å². The van der Waals surface area contributed by atoms with Crippen molar-refractivity contribution in [3.05, 3.63) is 0 Å². The van der Waals surface area contributed by atoms with E-state index in [1.807, 2.05) is 0 Å². The van der Waals surface area contributed by atoms with Gasteiger partial charge in [0, 0.05) is 0 Å². The maximum absolute atomic E-state index is 2.90. The molecule has 1 heteroatoms. The Labute approximate surface area is 59.5 Å². The molecule has 0 saturated heterocycles. The van der Waals surface area contributed by atoms with Crippen LogP contribution in [0.1, 0.15) is 32.1 Å². The molecule has 0 aromatic carbocycles. The maximum atomic E-state index is 2.90. The monoisotopic (exact) mass is 170 g/mol. The first-order chi connectivity index (χ1) is 3.79. The van der Waals surface area contributed by atoms with Crippen molar-refractivity contribution in [3.8, 4) is 0 Å².